The minimum atomic E-state index is -0.344. The van der Waals surface area contributed by atoms with Gasteiger partial charge in [0.15, 0.2) is 17.3 Å². The van der Waals surface area contributed by atoms with Gasteiger partial charge in [-0.05, 0) is 24.3 Å². The number of anilines is 3. The van der Waals surface area contributed by atoms with E-state index in [1.807, 2.05) is 0 Å². The maximum absolute atomic E-state index is 12.6. The number of methoxy groups -OCH3 is 2. The number of hydrogen-bond acceptors (Lipinski definition) is 6. The average molecular weight is 371 g/mol. The summed E-state index contributed by atoms with van der Waals surface area (Å²) in [5.41, 5.74) is 1.12. The molecule has 142 valence electrons. The minimum Gasteiger partial charge on any atom is -0.493 e. The summed E-state index contributed by atoms with van der Waals surface area (Å²) in [5.74, 6) is 1.31. The summed E-state index contributed by atoms with van der Waals surface area (Å²) in [4.78, 5) is 30.9. The van der Waals surface area contributed by atoms with Crippen LogP contribution < -0.4 is 24.7 Å². The highest BCUT2D eigenvalue weighted by atomic mass is 16.5. The predicted octanol–water partition coefficient (Wildman–Crippen LogP) is 1.96. The summed E-state index contributed by atoms with van der Waals surface area (Å²) in [6.45, 7) is -0.149. The molecule has 2 aromatic rings. The molecule has 1 aliphatic rings. The Hall–Kier alpha value is -3.49. The Kier molecular flexibility index (Phi) is 5.02. The molecule has 0 bridgehead atoms. The van der Waals surface area contributed by atoms with Crippen molar-refractivity contribution in [2.24, 2.45) is 0 Å². The lowest BCUT2D eigenvalue weighted by Crippen LogP contribution is -2.55. The molecule has 3 amide bonds. The van der Waals surface area contributed by atoms with Gasteiger partial charge in [-0.15, -0.1) is 0 Å². The van der Waals surface area contributed by atoms with E-state index in [0.29, 0.717) is 28.7 Å². The van der Waals surface area contributed by atoms with Crippen LogP contribution in [0.2, 0.25) is 0 Å². The first-order valence-electron chi connectivity index (χ1n) is 8.22. The number of pyridine rings is 1. The first-order chi connectivity index (χ1) is 13.0. The maximum Gasteiger partial charge on any atom is 0.343 e. The highest BCUT2D eigenvalue weighted by Gasteiger charge is 2.33. The second-order valence-electron chi connectivity index (χ2n) is 5.88. The smallest absolute Gasteiger partial charge is 0.343 e. The quantitative estimate of drug-likeness (QED) is 0.865. The molecule has 1 aromatic heterocycles. The van der Waals surface area contributed by atoms with Gasteiger partial charge in [0.2, 0.25) is 5.91 Å². The SMILES string of the molecule is COc1ccc(NC(=O)CN2C(=O)N(C)N(C)c3ncccc32)cc1OC. The van der Waals surface area contributed by atoms with E-state index in [2.05, 4.69) is 10.3 Å². The molecule has 9 nitrogen and oxygen atoms in total. The molecule has 2 heterocycles. The highest BCUT2D eigenvalue weighted by Crippen LogP contribution is 2.32. The zero-order valence-electron chi connectivity index (χ0n) is 15.6. The number of amides is 3. The van der Waals surface area contributed by atoms with Gasteiger partial charge >= 0.3 is 6.03 Å². The molecule has 3 rings (SSSR count). The number of aromatic nitrogens is 1. The zero-order chi connectivity index (χ0) is 19.6. The topological polar surface area (TPSA) is 87.2 Å². The van der Waals surface area contributed by atoms with E-state index in [-0.39, 0.29) is 18.5 Å². The standard InChI is InChI=1S/C18H21N5O4/c1-21-17-13(6-5-9-19-17)23(18(25)22(21)2)11-16(24)20-12-7-8-14(26-3)15(10-12)27-4/h5-10H,11H2,1-4H3,(H,20,24). The number of nitrogens with one attached hydrogen (secondary N) is 1. The van der Waals surface area contributed by atoms with Gasteiger partial charge in [-0.2, -0.15) is 0 Å². The van der Waals surface area contributed by atoms with Gasteiger partial charge in [-0.1, -0.05) is 0 Å². The second kappa shape index (κ2) is 7.40. The summed E-state index contributed by atoms with van der Waals surface area (Å²) in [6.07, 6.45) is 1.64. The lowest BCUT2D eigenvalue weighted by molar-refractivity contribution is -0.114. The lowest BCUT2D eigenvalue weighted by atomic mass is 10.2. The van der Waals surface area contributed by atoms with Crippen LogP contribution in [0.15, 0.2) is 36.5 Å². The molecule has 1 aromatic carbocycles. The lowest BCUT2D eigenvalue weighted by Gasteiger charge is -2.40. The molecule has 27 heavy (non-hydrogen) atoms. The van der Waals surface area contributed by atoms with Crippen molar-refractivity contribution in [3.05, 3.63) is 36.5 Å². The largest absolute Gasteiger partial charge is 0.493 e. The monoisotopic (exact) mass is 371 g/mol. The maximum atomic E-state index is 12.6. The number of hydrogen-bond donors (Lipinski definition) is 1. The number of fused-ring (bicyclic) bond motifs is 1. The second-order valence-corrected chi connectivity index (χ2v) is 5.88. The molecular formula is C18H21N5O4. The molecule has 9 heteroatoms. The van der Waals surface area contributed by atoms with Gasteiger partial charge in [0.25, 0.3) is 0 Å². The molecular weight excluding hydrogens is 350 g/mol. The van der Waals surface area contributed by atoms with Gasteiger partial charge in [-0.3, -0.25) is 14.7 Å². The van der Waals surface area contributed by atoms with Crippen LogP contribution in [0.5, 0.6) is 11.5 Å². The Morgan fingerprint density at radius 2 is 1.85 bits per heavy atom. The first kappa shape index (κ1) is 18.3. The predicted molar refractivity (Wildman–Crippen MR) is 101 cm³/mol. The molecule has 1 aliphatic heterocycles. The Bertz CT molecular complexity index is 873. The summed E-state index contributed by atoms with van der Waals surface area (Å²) in [5, 5.41) is 5.81. The molecule has 0 saturated carbocycles. The van der Waals surface area contributed by atoms with Crippen LogP contribution in [0.1, 0.15) is 0 Å². The van der Waals surface area contributed by atoms with E-state index < -0.39 is 0 Å². The van der Waals surface area contributed by atoms with Gasteiger partial charge < -0.3 is 14.8 Å². The Morgan fingerprint density at radius 3 is 2.56 bits per heavy atom. The van der Waals surface area contributed by atoms with E-state index in [1.54, 1.807) is 55.6 Å². The van der Waals surface area contributed by atoms with Crippen LogP contribution in [-0.2, 0) is 4.79 Å². The minimum absolute atomic E-state index is 0.149. The molecule has 0 atom stereocenters. The highest BCUT2D eigenvalue weighted by molar-refractivity contribution is 6.05. The zero-order valence-corrected chi connectivity index (χ0v) is 15.6. The Morgan fingerprint density at radius 1 is 1.11 bits per heavy atom. The summed E-state index contributed by atoms with van der Waals surface area (Å²) in [7, 11) is 6.42. The van der Waals surface area contributed by atoms with Gasteiger partial charge in [-0.25, -0.2) is 14.8 Å². The summed E-state index contributed by atoms with van der Waals surface area (Å²) >= 11 is 0. The molecule has 0 unspecified atom stereocenters. The van der Waals surface area contributed by atoms with Crippen LogP contribution in [-0.4, -0.2) is 56.8 Å². The summed E-state index contributed by atoms with van der Waals surface area (Å²) < 4.78 is 10.4. The molecule has 0 spiro atoms. The third-order valence-corrected chi connectivity index (χ3v) is 4.29. The fraction of sp³-hybridized carbons (Fsp3) is 0.278. The van der Waals surface area contributed by atoms with Crippen molar-refractivity contribution in [1.29, 1.82) is 0 Å². The number of carbonyl (C=O) groups excluding carboxylic acids is 2. The van der Waals surface area contributed by atoms with Crippen molar-refractivity contribution >= 4 is 29.1 Å². The normalized spacial score (nSPS) is 13.3. The molecule has 0 fully saturated rings. The summed E-state index contributed by atoms with van der Waals surface area (Å²) in [6, 6.07) is 8.22. The van der Waals surface area contributed by atoms with Gasteiger partial charge in [0.05, 0.1) is 19.9 Å². The van der Waals surface area contributed by atoms with Crippen LogP contribution in [0.25, 0.3) is 0 Å². The number of hydrazine groups is 1. The van der Waals surface area contributed by atoms with Crippen molar-refractivity contribution < 1.29 is 19.1 Å². The number of carbonyl (C=O) groups is 2. The van der Waals surface area contributed by atoms with Crippen molar-refractivity contribution in [2.45, 2.75) is 0 Å². The van der Waals surface area contributed by atoms with E-state index in [4.69, 9.17) is 9.47 Å². The molecule has 0 aliphatic carbocycles. The number of urea groups is 1. The number of benzene rings is 1. The third-order valence-electron chi connectivity index (χ3n) is 4.29. The molecule has 1 N–H and O–H groups in total. The van der Waals surface area contributed by atoms with E-state index in [9.17, 15) is 9.59 Å². The van der Waals surface area contributed by atoms with Crippen molar-refractivity contribution in [3.8, 4) is 11.5 Å². The molecule has 0 saturated heterocycles. The fourth-order valence-electron chi connectivity index (χ4n) is 2.81. The number of nitrogens with zero attached hydrogens (tertiary/aromatic N) is 4. The first-order valence-corrected chi connectivity index (χ1v) is 8.22. The number of rotatable bonds is 5. The molecule has 0 radical (unpaired) electrons. The van der Waals surface area contributed by atoms with Crippen LogP contribution in [0.3, 0.4) is 0 Å². The van der Waals surface area contributed by atoms with Crippen molar-refractivity contribution in [3.63, 3.8) is 0 Å². The van der Waals surface area contributed by atoms with Crippen LogP contribution in [0.4, 0.5) is 22.0 Å². The van der Waals surface area contributed by atoms with Gasteiger partial charge in [0.1, 0.15) is 6.54 Å². The third kappa shape index (κ3) is 3.43. The Balaban J connectivity index is 1.80. The number of ether oxygens (including phenoxy) is 2. The van der Waals surface area contributed by atoms with Crippen LogP contribution in [0, 0.1) is 0 Å². The van der Waals surface area contributed by atoms with Gasteiger partial charge in [0, 0.05) is 32.0 Å². The van der Waals surface area contributed by atoms with E-state index in [1.165, 1.54) is 24.1 Å². The van der Waals surface area contributed by atoms with Crippen LogP contribution >= 0.6 is 0 Å². The van der Waals surface area contributed by atoms with E-state index >= 15 is 0 Å². The van der Waals surface area contributed by atoms with Crippen molar-refractivity contribution in [1.82, 2.24) is 9.99 Å². The fourth-order valence-corrected chi connectivity index (χ4v) is 2.81. The van der Waals surface area contributed by atoms with Crippen molar-refractivity contribution in [2.75, 3.05) is 50.1 Å². The van der Waals surface area contributed by atoms with E-state index in [0.717, 1.165) is 0 Å². The Labute approximate surface area is 157 Å². The average Bonchev–Trinajstić information content (AvgIpc) is 2.69.